The van der Waals surface area contributed by atoms with Crippen molar-refractivity contribution in [2.24, 2.45) is 0 Å². The molecule has 0 bridgehead atoms. The van der Waals surface area contributed by atoms with Crippen molar-refractivity contribution in [2.45, 2.75) is 19.3 Å². The van der Waals surface area contributed by atoms with Gasteiger partial charge in [0.05, 0.1) is 20.1 Å². The predicted molar refractivity (Wildman–Crippen MR) is 104 cm³/mol. The van der Waals surface area contributed by atoms with Gasteiger partial charge < -0.3 is 18.9 Å². The summed E-state index contributed by atoms with van der Waals surface area (Å²) in [6.07, 6.45) is 0.345. The number of hydrogen-bond acceptors (Lipinski definition) is 6. The van der Waals surface area contributed by atoms with Crippen LogP contribution in [0.3, 0.4) is 0 Å². The van der Waals surface area contributed by atoms with E-state index in [0.717, 1.165) is 16.8 Å². The topological polar surface area (TPSA) is 77.7 Å². The molecule has 7 nitrogen and oxygen atoms in total. The second-order valence-corrected chi connectivity index (χ2v) is 6.75. The zero-order valence-corrected chi connectivity index (χ0v) is 16.0. The molecule has 0 radical (unpaired) electrons. The minimum Gasteiger partial charge on any atom is -0.497 e. The standard InChI is InChI=1S/C21H21N3O4/c1-13-6-4-5-7-18(13)24-12-15(10-19(24)25)21-22-20(23-28-21)14-8-16(26-2)11-17(9-14)27-3/h4-9,11,15H,10,12H2,1-3H3. The lowest BCUT2D eigenvalue weighted by atomic mass is 10.1. The molecule has 1 aromatic heterocycles. The lowest BCUT2D eigenvalue weighted by molar-refractivity contribution is -0.117. The molecule has 0 N–H and O–H groups in total. The van der Waals surface area contributed by atoms with Crippen LogP contribution < -0.4 is 14.4 Å². The van der Waals surface area contributed by atoms with Crippen LogP contribution in [0.4, 0.5) is 5.69 Å². The van der Waals surface area contributed by atoms with Crippen LogP contribution in [-0.2, 0) is 4.79 Å². The Hall–Kier alpha value is -3.35. The first kappa shape index (κ1) is 18.0. The first-order valence-corrected chi connectivity index (χ1v) is 9.02. The van der Waals surface area contributed by atoms with Crippen molar-refractivity contribution in [3.05, 3.63) is 53.9 Å². The van der Waals surface area contributed by atoms with Gasteiger partial charge in [-0.2, -0.15) is 4.98 Å². The molecule has 7 heteroatoms. The van der Waals surface area contributed by atoms with E-state index in [4.69, 9.17) is 14.0 Å². The van der Waals surface area contributed by atoms with Crippen LogP contribution in [-0.4, -0.2) is 36.8 Å². The zero-order chi connectivity index (χ0) is 19.7. The monoisotopic (exact) mass is 379 g/mol. The van der Waals surface area contributed by atoms with E-state index >= 15 is 0 Å². The number of methoxy groups -OCH3 is 2. The van der Waals surface area contributed by atoms with Crippen LogP contribution in [0.5, 0.6) is 11.5 Å². The summed E-state index contributed by atoms with van der Waals surface area (Å²) in [5.74, 6) is 2.10. The fourth-order valence-corrected chi connectivity index (χ4v) is 3.43. The largest absolute Gasteiger partial charge is 0.497 e. The average molecular weight is 379 g/mol. The van der Waals surface area contributed by atoms with Crippen LogP contribution in [0.1, 0.15) is 23.8 Å². The van der Waals surface area contributed by atoms with Crippen molar-refractivity contribution in [1.82, 2.24) is 10.1 Å². The number of ether oxygens (including phenoxy) is 2. The molecule has 144 valence electrons. The van der Waals surface area contributed by atoms with Crippen LogP contribution in [0.2, 0.25) is 0 Å². The molecule has 0 aliphatic carbocycles. The van der Waals surface area contributed by atoms with Crippen molar-refractivity contribution in [3.8, 4) is 22.9 Å². The molecular formula is C21H21N3O4. The van der Waals surface area contributed by atoms with E-state index in [9.17, 15) is 4.79 Å². The molecule has 1 fully saturated rings. The SMILES string of the molecule is COc1cc(OC)cc(-c2noc(C3CC(=O)N(c4ccccc4C)C3)n2)c1. The second kappa shape index (κ2) is 7.34. The molecular weight excluding hydrogens is 358 g/mol. The zero-order valence-electron chi connectivity index (χ0n) is 16.0. The number of nitrogens with zero attached hydrogens (tertiary/aromatic N) is 3. The van der Waals surface area contributed by atoms with Crippen molar-refractivity contribution in [1.29, 1.82) is 0 Å². The van der Waals surface area contributed by atoms with E-state index in [1.165, 1.54) is 0 Å². The number of carbonyl (C=O) groups excluding carboxylic acids is 1. The molecule has 1 saturated heterocycles. The van der Waals surface area contributed by atoms with Crippen molar-refractivity contribution < 1.29 is 18.8 Å². The third-order valence-electron chi connectivity index (χ3n) is 4.93. The van der Waals surface area contributed by atoms with Gasteiger partial charge in [0.1, 0.15) is 11.5 Å². The Morgan fingerprint density at radius 1 is 1.11 bits per heavy atom. The molecule has 0 saturated carbocycles. The van der Waals surface area contributed by atoms with Gasteiger partial charge in [-0.1, -0.05) is 23.4 Å². The number of amides is 1. The first-order chi connectivity index (χ1) is 13.6. The van der Waals surface area contributed by atoms with Gasteiger partial charge in [0.15, 0.2) is 0 Å². The number of rotatable bonds is 5. The van der Waals surface area contributed by atoms with Crippen molar-refractivity contribution in [2.75, 3.05) is 25.7 Å². The van der Waals surface area contributed by atoms with Gasteiger partial charge in [-0.25, -0.2) is 0 Å². The molecule has 1 atom stereocenters. The highest BCUT2D eigenvalue weighted by Crippen LogP contribution is 2.34. The fourth-order valence-electron chi connectivity index (χ4n) is 3.43. The minimum atomic E-state index is -0.138. The summed E-state index contributed by atoms with van der Waals surface area (Å²) in [6, 6.07) is 13.3. The maximum atomic E-state index is 12.6. The second-order valence-electron chi connectivity index (χ2n) is 6.75. The number of carbonyl (C=O) groups is 1. The number of para-hydroxylation sites is 1. The fraction of sp³-hybridized carbons (Fsp3) is 0.286. The highest BCUT2D eigenvalue weighted by Gasteiger charge is 2.35. The third-order valence-corrected chi connectivity index (χ3v) is 4.93. The third kappa shape index (κ3) is 3.31. The van der Waals surface area contributed by atoms with Crippen LogP contribution in [0, 0.1) is 6.92 Å². The maximum Gasteiger partial charge on any atom is 0.232 e. The Bertz CT molecular complexity index is 992. The molecule has 28 heavy (non-hydrogen) atoms. The lowest BCUT2D eigenvalue weighted by Gasteiger charge is -2.18. The Morgan fingerprint density at radius 2 is 1.82 bits per heavy atom. The van der Waals surface area contributed by atoms with E-state index in [1.807, 2.05) is 43.3 Å². The Kier molecular flexibility index (Phi) is 4.73. The average Bonchev–Trinajstić information content (AvgIpc) is 3.35. The van der Waals surface area contributed by atoms with Gasteiger partial charge in [-0.3, -0.25) is 4.79 Å². The summed E-state index contributed by atoms with van der Waals surface area (Å²) in [5.41, 5.74) is 2.71. The Labute approximate surface area is 162 Å². The summed E-state index contributed by atoms with van der Waals surface area (Å²) >= 11 is 0. The van der Waals surface area contributed by atoms with E-state index in [0.29, 0.717) is 36.2 Å². The maximum absolute atomic E-state index is 12.6. The van der Waals surface area contributed by atoms with Gasteiger partial charge in [-0.05, 0) is 30.7 Å². The number of anilines is 1. The molecule has 2 aromatic carbocycles. The van der Waals surface area contributed by atoms with Crippen molar-refractivity contribution in [3.63, 3.8) is 0 Å². The number of aromatic nitrogens is 2. The summed E-state index contributed by atoms with van der Waals surface area (Å²) in [6.45, 7) is 2.52. The Morgan fingerprint density at radius 3 is 2.50 bits per heavy atom. The van der Waals surface area contributed by atoms with Gasteiger partial charge in [0.2, 0.25) is 17.6 Å². The van der Waals surface area contributed by atoms with Gasteiger partial charge in [0.25, 0.3) is 0 Å². The van der Waals surface area contributed by atoms with Crippen molar-refractivity contribution >= 4 is 11.6 Å². The van der Waals surface area contributed by atoms with Gasteiger partial charge in [-0.15, -0.1) is 0 Å². The molecule has 1 unspecified atom stereocenters. The molecule has 1 amide bonds. The summed E-state index contributed by atoms with van der Waals surface area (Å²) in [4.78, 5) is 18.9. The molecule has 4 rings (SSSR count). The number of aryl methyl sites for hydroxylation is 1. The highest BCUT2D eigenvalue weighted by molar-refractivity contribution is 5.97. The Balaban J connectivity index is 1.59. The van der Waals surface area contributed by atoms with Crippen LogP contribution >= 0.6 is 0 Å². The smallest absolute Gasteiger partial charge is 0.232 e. The van der Waals surface area contributed by atoms with Crippen LogP contribution in [0.25, 0.3) is 11.4 Å². The molecule has 1 aliphatic heterocycles. The predicted octanol–water partition coefficient (Wildman–Crippen LogP) is 3.58. The first-order valence-electron chi connectivity index (χ1n) is 9.02. The van der Waals surface area contributed by atoms with Gasteiger partial charge >= 0.3 is 0 Å². The molecule has 0 spiro atoms. The summed E-state index contributed by atoms with van der Waals surface area (Å²) in [7, 11) is 3.18. The van der Waals surface area contributed by atoms with Gasteiger partial charge in [0, 0.05) is 30.3 Å². The summed E-state index contributed by atoms with van der Waals surface area (Å²) in [5, 5.41) is 4.10. The van der Waals surface area contributed by atoms with E-state index in [1.54, 1.807) is 25.2 Å². The lowest BCUT2D eigenvalue weighted by Crippen LogP contribution is -2.25. The van der Waals surface area contributed by atoms with Crippen LogP contribution in [0.15, 0.2) is 47.0 Å². The van der Waals surface area contributed by atoms with E-state index in [-0.39, 0.29) is 11.8 Å². The number of hydrogen-bond donors (Lipinski definition) is 0. The normalized spacial score (nSPS) is 16.5. The van der Waals surface area contributed by atoms with E-state index < -0.39 is 0 Å². The minimum absolute atomic E-state index is 0.0575. The highest BCUT2D eigenvalue weighted by atomic mass is 16.5. The number of benzene rings is 2. The quantitative estimate of drug-likeness (QED) is 0.674. The summed E-state index contributed by atoms with van der Waals surface area (Å²) < 4.78 is 16.1. The molecule has 1 aliphatic rings. The molecule has 3 aromatic rings. The molecule has 2 heterocycles. The van der Waals surface area contributed by atoms with E-state index in [2.05, 4.69) is 10.1 Å².